The zero-order chi connectivity index (χ0) is 18.6. The first-order chi connectivity index (χ1) is 12.7. The van der Waals surface area contributed by atoms with Gasteiger partial charge in [-0.25, -0.2) is 0 Å². The van der Waals surface area contributed by atoms with Gasteiger partial charge < -0.3 is 10.6 Å². The maximum absolute atomic E-state index is 12.1. The molecule has 2 aromatic rings. The minimum absolute atomic E-state index is 0.162. The van der Waals surface area contributed by atoms with Crippen molar-refractivity contribution in [2.75, 3.05) is 6.54 Å². The van der Waals surface area contributed by atoms with E-state index in [1.54, 1.807) is 6.20 Å². The maximum atomic E-state index is 12.1. The largest absolute Gasteiger partial charge is 0.354 e. The van der Waals surface area contributed by atoms with Gasteiger partial charge in [-0.15, -0.1) is 0 Å². The van der Waals surface area contributed by atoms with E-state index in [2.05, 4.69) is 15.6 Å². The summed E-state index contributed by atoms with van der Waals surface area (Å²) in [7, 11) is 0. The molecular weight excluding hydrogens is 328 g/mol. The zero-order valence-electron chi connectivity index (χ0n) is 14.5. The first kappa shape index (κ1) is 19.1. The number of aromatic nitrogens is 1. The highest BCUT2D eigenvalue weighted by Gasteiger charge is 2.17. The van der Waals surface area contributed by atoms with Gasteiger partial charge in [0.15, 0.2) is 0 Å². The molecule has 0 saturated heterocycles. The van der Waals surface area contributed by atoms with Crippen molar-refractivity contribution in [1.29, 1.82) is 5.26 Å². The first-order valence-electron chi connectivity index (χ1n) is 8.57. The number of hydrogen-bond acceptors (Lipinski definition) is 4. The third-order valence-corrected chi connectivity index (χ3v) is 3.88. The number of nitrogens with zero attached hydrogens (tertiary/aromatic N) is 2. The molecule has 0 aliphatic rings. The Balaban J connectivity index is 1.66. The Labute approximate surface area is 153 Å². The standard InChI is InChI=1S/C20H22N4O2/c21-14-17(10-9-16-6-2-1-3-7-16)20(26)23-13-11-19(25)24-15-18-8-4-5-12-22-18/h1-8,12,17H,9-11,13,15H2,(H,23,26)(H,24,25). The third-order valence-electron chi connectivity index (χ3n) is 3.88. The summed E-state index contributed by atoms with van der Waals surface area (Å²) in [6.07, 6.45) is 2.95. The second kappa shape index (κ2) is 10.6. The monoisotopic (exact) mass is 350 g/mol. The molecule has 0 saturated carbocycles. The first-order valence-corrected chi connectivity index (χ1v) is 8.57. The second-order valence-electron chi connectivity index (χ2n) is 5.84. The predicted octanol–water partition coefficient (Wildman–Crippen LogP) is 1.98. The highest BCUT2D eigenvalue weighted by Crippen LogP contribution is 2.09. The van der Waals surface area contributed by atoms with Crippen molar-refractivity contribution in [1.82, 2.24) is 15.6 Å². The second-order valence-corrected chi connectivity index (χ2v) is 5.84. The molecule has 1 aromatic heterocycles. The number of nitriles is 1. The van der Waals surface area contributed by atoms with E-state index in [4.69, 9.17) is 0 Å². The van der Waals surface area contributed by atoms with Crippen LogP contribution in [-0.4, -0.2) is 23.3 Å². The van der Waals surface area contributed by atoms with Crippen LogP contribution in [0, 0.1) is 17.2 Å². The Kier molecular flexibility index (Phi) is 7.81. The van der Waals surface area contributed by atoms with Gasteiger partial charge in [-0.2, -0.15) is 5.26 Å². The van der Waals surface area contributed by atoms with Gasteiger partial charge in [0.1, 0.15) is 5.92 Å². The van der Waals surface area contributed by atoms with E-state index in [-0.39, 0.29) is 24.8 Å². The number of carbonyl (C=O) groups excluding carboxylic acids is 2. The molecule has 2 rings (SSSR count). The van der Waals surface area contributed by atoms with E-state index in [0.29, 0.717) is 19.4 Å². The number of amides is 2. The third kappa shape index (κ3) is 6.73. The predicted molar refractivity (Wildman–Crippen MR) is 97.6 cm³/mol. The van der Waals surface area contributed by atoms with Gasteiger partial charge in [0, 0.05) is 19.2 Å². The van der Waals surface area contributed by atoms with E-state index >= 15 is 0 Å². The summed E-state index contributed by atoms with van der Waals surface area (Å²) in [5, 5.41) is 14.6. The van der Waals surface area contributed by atoms with Gasteiger partial charge in [0.25, 0.3) is 0 Å². The molecule has 26 heavy (non-hydrogen) atoms. The number of benzene rings is 1. The number of pyridine rings is 1. The lowest BCUT2D eigenvalue weighted by atomic mass is 10.00. The molecule has 1 heterocycles. The van der Waals surface area contributed by atoms with Crippen LogP contribution < -0.4 is 10.6 Å². The van der Waals surface area contributed by atoms with E-state index in [1.807, 2.05) is 54.6 Å². The van der Waals surface area contributed by atoms with Gasteiger partial charge in [0.05, 0.1) is 18.3 Å². The SMILES string of the molecule is N#CC(CCc1ccccc1)C(=O)NCCC(=O)NCc1ccccn1. The van der Waals surface area contributed by atoms with Gasteiger partial charge >= 0.3 is 0 Å². The van der Waals surface area contributed by atoms with Crippen molar-refractivity contribution in [2.24, 2.45) is 5.92 Å². The fourth-order valence-corrected chi connectivity index (χ4v) is 2.41. The molecule has 0 bridgehead atoms. The Bertz CT molecular complexity index is 741. The molecule has 1 unspecified atom stereocenters. The summed E-state index contributed by atoms with van der Waals surface area (Å²) in [5.41, 5.74) is 1.87. The van der Waals surface area contributed by atoms with Gasteiger partial charge in [-0.05, 0) is 30.5 Å². The molecule has 2 N–H and O–H groups in total. The van der Waals surface area contributed by atoms with E-state index in [9.17, 15) is 14.9 Å². The fraction of sp³-hybridized carbons (Fsp3) is 0.300. The normalized spacial score (nSPS) is 11.2. The Morgan fingerprint density at radius 1 is 1.08 bits per heavy atom. The zero-order valence-corrected chi connectivity index (χ0v) is 14.5. The highest BCUT2D eigenvalue weighted by atomic mass is 16.2. The fourth-order valence-electron chi connectivity index (χ4n) is 2.41. The average Bonchev–Trinajstić information content (AvgIpc) is 2.68. The van der Waals surface area contributed by atoms with Gasteiger partial charge in [-0.3, -0.25) is 14.6 Å². The van der Waals surface area contributed by atoms with Crippen LogP contribution in [0.1, 0.15) is 24.1 Å². The van der Waals surface area contributed by atoms with Crippen LogP contribution in [0.2, 0.25) is 0 Å². The molecule has 0 aliphatic carbocycles. The van der Waals surface area contributed by atoms with Crippen LogP contribution in [0.3, 0.4) is 0 Å². The van der Waals surface area contributed by atoms with Crippen molar-refractivity contribution < 1.29 is 9.59 Å². The van der Waals surface area contributed by atoms with Crippen LogP contribution in [-0.2, 0) is 22.6 Å². The number of nitrogens with one attached hydrogen (secondary N) is 2. The molecule has 0 fully saturated rings. The topological polar surface area (TPSA) is 94.9 Å². The van der Waals surface area contributed by atoms with Crippen LogP contribution in [0.25, 0.3) is 0 Å². The van der Waals surface area contributed by atoms with Crippen molar-refractivity contribution in [2.45, 2.75) is 25.8 Å². The van der Waals surface area contributed by atoms with Gasteiger partial charge in [-0.1, -0.05) is 36.4 Å². The van der Waals surface area contributed by atoms with Gasteiger partial charge in [0.2, 0.25) is 11.8 Å². The molecule has 6 heteroatoms. The molecule has 1 atom stereocenters. The highest BCUT2D eigenvalue weighted by molar-refractivity contribution is 5.82. The summed E-state index contributed by atoms with van der Waals surface area (Å²) < 4.78 is 0. The number of carbonyl (C=O) groups is 2. The molecule has 2 amide bonds. The minimum Gasteiger partial charge on any atom is -0.354 e. The molecule has 0 spiro atoms. The number of hydrogen-bond donors (Lipinski definition) is 2. The lowest BCUT2D eigenvalue weighted by Crippen LogP contribution is -2.34. The summed E-state index contributed by atoms with van der Waals surface area (Å²) in [5.74, 6) is -1.22. The molecule has 134 valence electrons. The van der Waals surface area contributed by atoms with E-state index in [1.165, 1.54) is 0 Å². The Morgan fingerprint density at radius 3 is 2.54 bits per heavy atom. The summed E-state index contributed by atoms with van der Waals surface area (Å²) >= 11 is 0. The molecular formula is C20H22N4O2. The van der Waals surface area contributed by atoms with Crippen molar-refractivity contribution in [3.05, 3.63) is 66.0 Å². The van der Waals surface area contributed by atoms with Crippen molar-refractivity contribution in [3.8, 4) is 6.07 Å². The Morgan fingerprint density at radius 2 is 1.85 bits per heavy atom. The maximum Gasteiger partial charge on any atom is 0.237 e. The Hall–Kier alpha value is -3.20. The number of rotatable bonds is 9. The molecule has 1 aromatic carbocycles. The van der Waals surface area contributed by atoms with E-state index in [0.717, 1.165) is 11.3 Å². The smallest absolute Gasteiger partial charge is 0.237 e. The average molecular weight is 350 g/mol. The quantitative estimate of drug-likeness (QED) is 0.723. The van der Waals surface area contributed by atoms with Crippen molar-refractivity contribution >= 4 is 11.8 Å². The summed E-state index contributed by atoms with van der Waals surface area (Å²) in [6, 6.07) is 17.3. The summed E-state index contributed by atoms with van der Waals surface area (Å²) in [6.45, 7) is 0.557. The number of aryl methyl sites for hydroxylation is 1. The van der Waals surface area contributed by atoms with Crippen LogP contribution in [0.4, 0.5) is 0 Å². The van der Waals surface area contributed by atoms with Crippen LogP contribution >= 0.6 is 0 Å². The summed E-state index contributed by atoms with van der Waals surface area (Å²) in [4.78, 5) is 28.0. The van der Waals surface area contributed by atoms with E-state index < -0.39 is 5.92 Å². The molecule has 0 aliphatic heterocycles. The minimum atomic E-state index is -0.716. The van der Waals surface area contributed by atoms with Crippen LogP contribution in [0.5, 0.6) is 0 Å². The molecule has 6 nitrogen and oxygen atoms in total. The lowest BCUT2D eigenvalue weighted by molar-refractivity contribution is -0.124. The van der Waals surface area contributed by atoms with Crippen molar-refractivity contribution in [3.63, 3.8) is 0 Å². The lowest BCUT2D eigenvalue weighted by Gasteiger charge is -2.10. The van der Waals surface area contributed by atoms with Crippen LogP contribution in [0.15, 0.2) is 54.7 Å². The molecule has 0 radical (unpaired) electrons.